The summed E-state index contributed by atoms with van der Waals surface area (Å²) < 4.78 is 0. The lowest BCUT2D eigenvalue weighted by Crippen LogP contribution is -2.62. The van der Waals surface area contributed by atoms with E-state index in [2.05, 4.69) is 32.6 Å². The van der Waals surface area contributed by atoms with Crippen LogP contribution in [0.25, 0.3) is 0 Å². The monoisotopic (exact) mass is 266 g/mol. The van der Waals surface area contributed by atoms with Crippen LogP contribution in [-0.4, -0.2) is 47.9 Å². The van der Waals surface area contributed by atoms with Crippen molar-refractivity contribution in [3.63, 3.8) is 0 Å². The standard InChI is InChI=1S/C16H30N2O/c1-12(2)9-16(19)18-10-15(11-18)17-7-5-14(6-8-17)13(3)4/h12-15H,5-11H2,1-4H3. The zero-order valence-corrected chi connectivity index (χ0v) is 13.1. The molecule has 0 spiro atoms. The molecule has 2 fully saturated rings. The minimum Gasteiger partial charge on any atom is -0.339 e. The third kappa shape index (κ3) is 3.71. The van der Waals surface area contributed by atoms with Crippen LogP contribution in [0.3, 0.4) is 0 Å². The van der Waals surface area contributed by atoms with Gasteiger partial charge in [0, 0.05) is 25.6 Å². The minimum absolute atomic E-state index is 0.350. The van der Waals surface area contributed by atoms with Gasteiger partial charge in [0.05, 0.1) is 0 Å². The Morgan fingerprint density at radius 3 is 2.16 bits per heavy atom. The first kappa shape index (κ1) is 14.8. The maximum absolute atomic E-state index is 11.9. The van der Waals surface area contributed by atoms with Crippen molar-refractivity contribution in [1.82, 2.24) is 9.80 Å². The van der Waals surface area contributed by atoms with E-state index in [1.54, 1.807) is 0 Å². The van der Waals surface area contributed by atoms with Crippen LogP contribution < -0.4 is 0 Å². The molecule has 2 aliphatic heterocycles. The van der Waals surface area contributed by atoms with Gasteiger partial charge in [-0.25, -0.2) is 0 Å². The van der Waals surface area contributed by atoms with Gasteiger partial charge in [-0.1, -0.05) is 27.7 Å². The van der Waals surface area contributed by atoms with Gasteiger partial charge in [0.25, 0.3) is 0 Å². The molecule has 2 aliphatic rings. The van der Waals surface area contributed by atoms with Crippen molar-refractivity contribution >= 4 is 5.91 Å². The molecule has 19 heavy (non-hydrogen) atoms. The van der Waals surface area contributed by atoms with Crippen molar-refractivity contribution in [2.24, 2.45) is 17.8 Å². The summed E-state index contributed by atoms with van der Waals surface area (Å²) in [6.07, 6.45) is 3.39. The fourth-order valence-corrected chi connectivity index (χ4v) is 3.32. The highest BCUT2D eigenvalue weighted by atomic mass is 16.2. The van der Waals surface area contributed by atoms with Crippen LogP contribution in [-0.2, 0) is 4.79 Å². The Balaban J connectivity index is 1.69. The minimum atomic E-state index is 0.350. The highest BCUT2D eigenvalue weighted by molar-refractivity contribution is 5.77. The molecular weight excluding hydrogens is 236 g/mol. The van der Waals surface area contributed by atoms with E-state index in [1.165, 1.54) is 25.9 Å². The Hall–Kier alpha value is -0.570. The second kappa shape index (κ2) is 6.25. The van der Waals surface area contributed by atoms with Crippen molar-refractivity contribution in [3.8, 4) is 0 Å². The lowest BCUT2D eigenvalue weighted by atomic mass is 9.86. The quantitative estimate of drug-likeness (QED) is 0.781. The third-order valence-corrected chi connectivity index (χ3v) is 4.83. The Kier molecular flexibility index (Phi) is 4.88. The molecule has 110 valence electrons. The van der Waals surface area contributed by atoms with E-state index >= 15 is 0 Å². The van der Waals surface area contributed by atoms with Crippen molar-refractivity contribution in [2.75, 3.05) is 26.2 Å². The lowest BCUT2D eigenvalue weighted by Gasteiger charge is -2.48. The average molecular weight is 266 g/mol. The molecule has 2 rings (SSSR count). The second-order valence-corrected chi connectivity index (χ2v) is 7.17. The van der Waals surface area contributed by atoms with Gasteiger partial charge in [-0.2, -0.15) is 0 Å². The molecule has 0 aromatic rings. The molecule has 1 amide bonds. The summed E-state index contributed by atoms with van der Waals surface area (Å²) in [4.78, 5) is 16.6. The molecule has 0 saturated carbocycles. The predicted octanol–water partition coefficient (Wildman–Crippen LogP) is 2.61. The highest BCUT2D eigenvalue weighted by Crippen LogP contribution is 2.27. The van der Waals surface area contributed by atoms with Gasteiger partial charge in [0.2, 0.25) is 5.91 Å². The van der Waals surface area contributed by atoms with E-state index in [-0.39, 0.29) is 0 Å². The molecule has 0 N–H and O–H groups in total. The fourth-order valence-electron chi connectivity index (χ4n) is 3.32. The molecule has 2 saturated heterocycles. The molecule has 0 aliphatic carbocycles. The van der Waals surface area contributed by atoms with Gasteiger partial charge < -0.3 is 4.90 Å². The van der Waals surface area contributed by atoms with Crippen LogP contribution in [0.4, 0.5) is 0 Å². The molecule has 2 heterocycles. The number of rotatable bonds is 4. The fraction of sp³-hybridized carbons (Fsp3) is 0.938. The SMILES string of the molecule is CC(C)CC(=O)N1CC(N2CCC(C(C)C)CC2)C1. The third-order valence-electron chi connectivity index (χ3n) is 4.83. The maximum Gasteiger partial charge on any atom is 0.222 e. The van der Waals surface area contributed by atoms with Gasteiger partial charge in [-0.3, -0.25) is 9.69 Å². The van der Waals surface area contributed by atoms with E-state index in [9.17, 15) is 4.79 Å². The van der Waals surface area contributed by atoms with E-state index in [4.69, 9.17) is 0 Å². The first-order valence-electron chi connectivity index (χ1n) is 7.99. The van der Waals surface area contributed by atoms with Crippen LogP contribution in [0.5, 0.6) is 0 Å². The molecule has 0 radical (unpaired) electrons. The largest absolute Gasteiger partial charge is 0.339 e. The molecule has 0 aromatic carbocycles. The van der Waals surface area contributed by atoms with Gasteiger partial charge >= 0.3 is 0 Å². The van der Waals surface area contributed by atoms with Crippen LogP contribution in [0, 0.1) is 17.8 Å². The topological polar surface area (TPSA) is 23.6 Å². The number of carbonyl (C=O) groups is 1. The Morgan fingerprint density at radius 1 is 1.11 bits per heavy atom. The number of nitrogens with zero attached hydrogens (tertiary/aromatic N) is 2. The zero-order valence-electron chi connectivity index (χ0n) is 13.1. The number of hydrogen-bond acceptors (Lipinski definition) is 2. The maximum atomic E-state index is 11.9. The molecule has 3 nitrogen and oxygen atoms in total. The van der Waals surface area contributed by atoms with Crippen molar-refractivity contribution < 1.29 is 4.79 Å². The Labute approximate surface area is 118 Å². The average Bonchev–Trinajstić information content (AvgIpc) is 2.26. The highest BCUT2D eigenvalue weighted by Gasteiger charge is 2.36. The summed E-state index contributed by atoms with van der Waals surface area (Å²) in [6, 6.07) is 0.643. The second-order valence-electron chi connectivity index (χ2n) is 7.17. The van der Waals surface area contributed by atoms with E-state index in [1.807, 2.05) is 4.90 Å². The summed E-state index contributed by atoms with van der Waals surface area (Å²) in [6.45, 7) is 13.3. The number of carbonyl (C=O) groups excluding carboxylic acids is 1. The van der Waals surface area contributed by atoms with Gasteiger partial charge in [-0.15, -0.1) is 0 Å². The summed E-state index contributed by atoms with van der Waals surface area (Å²) in [5.74, 6) is 2.57. The van der Waals surface area contributed by atoms with Gasteiger partial charge in [-0.05, 0) is 43.7 Å². The number of amides is 1. The first-order chi connectivity index (χ1) is 8.97. The normalized spacial score (nSPS) is 23.2. The first-order valence-corrected chi connectivity index (χ1v) is 7.99. The van der Waals surface area contributed by atoms with Crippen LogP contribution >= 0.6 is 0 Å². The smallest absolute Gasteiger partial charge is 0.222 e. The van der Waals surface area contributed by atoms with Gasteiger partial charge in [0.1, 0.15) is 0 Å². The van der Waals surface area contributed by atoms with E-state index in [0.29, 0.717) is 24.3 Å². The summed E-state index contributed by atoms with van der Waals surface area (Å²) >= 11 is 0. The van der Waals surface area contributed by atoms with Crippen molar-refractivity contribution in [3.05, 3.63) is 0 Å². The van der Waals surface area contributed by atoms with E-state index in [0.717, 1.165) is 24.9 Å². The molecule has 3 heteroatoms. The summed E-state index contributed by atoms with van der Waals surface area (Å²) in [5, 5.41) is 0. The molecule has 0 bridgehead atoms. The lowest BCUT2D eigenvalue weighted by molar-refractivity contribution is -0.140. The van der Waals surface area contributed by atoms with Crippen molar-refractivity contribution in [1.29, 1.82) is 0 Å². The molecule has 0 atom stereocenters. The Morgan fingerprint density at radius 2 is 1.68 bits per heavy atom. The van der Waals surface area contributed by atoms with Crippen LogP contribution in [0.1, 0.15) is 47.0 Å². The van der Waals surface area contributed by atoms with Crippen molar-refractivity contribution in [2.45, 2.75) is 53.0 Å². The predicted molar refractivity (Wildman–Crippen MR) is 79.0 cm³/mol. The number of hydrogen-bond donors (Lipinski definition) is 0. The number of piperidine rings is 1. The summed E-state index contributed by atoms with van der Waals surface area (Å²) in [7, 11) is 0. The zero-order chi connectivity index (χ0) is 14.0. The van der Waals surface area contributed by atoms with Crippen LogP contribution in [0.2, 0.25) is 0 Å². The molecular formula is C16H30N2O. The van der Waals surface area contributed by atoms with Gasteiger partial charge in [0.15, 0.2) is 0 Å². The number of likely N-dealkylation sites (tertiary alicyclic amines) is 2. The molecule has 0 aromatic heterocycles. The molecule has 0 unspecified atom stereocenters. The van der Waals surface area contributed by atoms with Crippen LogP contribution in [0.15, 0.2) is 0 Å². The Bertz CT molecular complexity index is 300. The summed E-state index contributed by atoms with van der Waals surface area (Å²) in [5.41, 5.74) is 0. The van der Waals surface area contributed by atoms with E-state index < -0.39 is 0 Å².